The SMILES string of the molecule is O=S(=O)(c1ccccc1)c1ccc(N2CC(CN3CCC(C(CN4CCCC4)(C4=CCCC4)c4ccccc4)CC3)C2)cc1. The molecule has 6 heteroatoms. The second-order valence-corrected chi connectivity index (χ2v) is 15.5. The maximum Gasteiger partial charge on any atom is 0.206 e. The van der Waals surface area contributed by atoms with Gasteiger partial charge in [-0.1, -0.05) is 60.2 Å². The van der Waals surface area contributed by atoms with Gasteiger partial charge in [0, 0.05) is 43.2 Å². The van der Waals surface area contributed by atoms with Gasteiger partial charge in [0.05, 0.1) is 9.79 Å². The van der Waals surface area contributed by atoms with E-state index in [4.69, 9.17) is 0 Å². The molecule has 0 saturated carbocycles. The molecule has 7 rings (SSSR count). The van der Waals surface area contributed by atoms with Crippen molar-refractivity contribution in [2.75, 3.05) is 57.3 Å². The zero-order valence-electron chi connectivity index (χ0n) is 26.0. The third-order valence-electron chi connectivity index (χ3n) is 10.9. The molecular formula is C38H47N3O2S. The van der Waals surface area contributed by atoms with Crippen LogP contribution in [-0.4, -0.2) is 70.6 Å². The lowest BCUT2D eigenvalue weighted by molar-refractivity contribution is 0.101. The normalized spacial score (nSPS) is 22.1. The first-order valence-electron chi connectivity index (χ1n) is 16.9. The predicted octanol–water partition coefficient (Wildman–Crippen LogP) is 6.81. The van der Waals surface area contributed by atoms with E-state index in [2.05, 4.69) is 51.1 Å². The first-order valence-corrected chi connectivity index (χ1v) is 18.4. The molecule has 4 aliphatic rings. The van der Waals surface area contributed by atoms with Gasteiger partial charge in [-0.05, 0) is 119 Å². The van der Waals surface area contributed by atoms with Crippen molar-refractivity contribution in [1.29, 1.82) is 0 Å². The summed E-state index contributed by atoms with van der Waals surface area (Å²) in [4.78, 5) is 8.59. The van der Waals surface area contributed by atoms with Gasteiger partial charge in [0.15, 0.2) is 0 Å². The minimum absolute atomic E-state index is 0.154. The smallest absolute Gasteiger partial charge is 0.206 e. The fourth-order valence-electron chi connectivity index (χ4n) is 8.55. The molecule has 0 amide bonds. The number of hydrogen-bond donors (Lipinski definition) is 0. The molecule has 0 spiro atoms. The van der Waals surface area contributed by atoms with Gasteiger partial charge in [0.2, 0.25) is 9.84 Å². The van der Waals surface area contributed by atoms with E-state index in [1.807, 2.05) is 18.2 Å². The molecule has 1 atom stereocenters. The van der Waals surface area contributed by atoms with Crippen molar-refractivity contribution < 1.29 is 8.42 Å². The Morgan fingerprint density at radius 1 is 0.705 bits per heavy atom. The molecule has 3 aliphatic heterocycles. The molecule has 0 aromatic heterocycles. The van der Waals surface area contributed by atoms with Crippen molar-refractivity contribution in [3.8, 4) is 0 Å². The Labute approximate surface area is 264 Å². The number of piperidine rings is 1. The standard InChI is InChI=1S/C38H47N3O2S/c42-44(43,36-15-5-2-6-16-36)37-19-17-35(18-20-37)41-28-31(29-41)27-39-25-21-34(22-26-39)38(33-13-7-8-14-33,30-40-23-9-10-24-40)32-11-3-1-4-12-32/h1-6,11-13,15-20,31,34H,7-10,14,21-30H2. The lowest BCUT2D eigenvalue weighted by Gasteiger charge is -2.49. The van der Waals surface area contributed by atoms with Crippen molar-refractivity contribution in [1.82, 2.24) is 9.80 Å². The second kappa shape index (κ2) is 12.8. The van der Waals surface area contributed by atoms with Crippen LogP contribution in [0.15, 0.2) is 106 Å². The molecular weight excluding hydrogens is 563 g/mol. The number of rotatable bonds is 10. The summed E-state index contributed by atoms with van der Waals surface area (Å²) in [7, 11) is -3.48. The van der Waals surface area contributed by atoms with Crippen molar-refractivity contribution >= 4 is 15.5 Å². The van der Waals surface area contributed by atoms with Crippen LogP contribution in [0.2, 0.25) is 0 Å². The van der Waals surface area contributed by atoms with Gasteiger partial charge >= 0.3 is 0 Å². The van der Waals surface area contributed by atoms with Crippen LogP contribution in [0.25, 0.3) is 0 Å². The van der Waals surface area contributed by atoms with Gasteiger partial charge in [-0.25, -0.2) is 8.42 Å². The van der Waals surface area contributed by atoms with Crippen molar-refractivity contribution in [2.45, 2.75) is 60.2 Å². The lowest BCUT2D eigenvalue weighted by atomic mass is 9.61. The summed E-state index contributed by atoms with van der Waals surface area (Å²) in [6.07, 6.45) is 11.7. The van der Waals surface area contributed by atoms with Crippen LogP contribution in [0.5, 0.6) is 0 Å². The van der Waals surface area contributed by atoms with Crippen LogP contribution in [0.4, 0.5) is 5.69 Å². The third-order valence-corrected chi connectivity index (χ3v) is 12.7. The molecule has 5 nitrogen and oxygen atoms in total. The largest absolute Gasteiger partial charge is 0.371 e. The Morgan fingerprint density at radius 2 is 1.34 bits per heavy atom. The summed E-state index contributed by atoms with van der Waals surface area (Å²) in [5, 5.41) is 0. The Morgan fingerprint density at radius 3 is 1.98 bits per heavy atom. The molecule has 3 aromatic rings. The molecule has 1 unspecified atom stereocenters. The Balaban J connectivity index is 0.975. The van der Waals surface area contributed by atoms with Gasteiger partial charge in [-0.3, -0.25) is 0 Å². The first kappa shape index (κ1) is 29.8. The average Bonchev–Trinajstić information content (AvgIpc) is 3.78. The molecule has 232 valence electrons. The highest BCUT2D eigenvalue weighted by molar-refractivity contribution is 7.91. The number of likely N-dealkylation sites (tertiary alicyclic amines) is 2. The fourth-order valence-corrected chi connectivity index (χ4v) is 9.83. The summed E-state index contributed by atoms with van der Waals surface area (Å²) < 4.78 is 25.9. The molecule has 44 heavy (non-hydrogen) atoms. The van der Waals surface area contributed by atoms with Crippen LogP contribution in [-0.2, 0) is 15.3 Å². The Hall–Kier alpha value is -2.93. The van der Waals surface area contributed by atoms with Gasteiger partial charge < -0.3 is 14.7 Å². The van der Waals surface area contributed by atoms with Crippen molar-refractivity contribution in [2.24, 2.45) is 11.8 Å². The summed E-state index contributed by atoms with van der Waals surface area (Å²) in [6, 6.07) is 27.7. The summed E-state index contributed by atoms with van der Waals surface area (Å²) in [6.45, 7) is 9.33. The molecule has 0 N–H and O–H groups in total. The van der Waals surface area contributed by atoms with Crippen molar-refractivity contribution in [3.05, 3.63) is 102 Å². The molecule has 3 aromatic carbocycles. The Bertz CT molecular complexity index is 1520. The predicted molar refractivity (Wildman–Crippen MR) is 179 cm³/mol. The quantitative estimate of drug-likeness (QED) is 0.236. The Kier molecular flexibility index (Phi) is 8.67. The number of nitrogens with zero attached hydrogens (tertiary/aromatic N) is 3. The maximum atomic E-state index is 13.0. The lowest BCUT2D eigenvalue weighted by Crippen LogP contribution is -2.54. The van der Waals surface area contributed by atoms with E-state index < -0.39 is 9.84 Å². The monoisotopic (exact) mass is 609 g/mol. The zero-order chi connectivity index (χ0) is 30.0. The summed E-state index contributed by atoms with van der Waals surface area (Å²) in [5.74, 6) is 1.36. The summed E-state index contributed by atoms with van der Waals surface area (Å²) in [5.41, 5.74) is 4.55. The van der Waals surface area contributed by atoms with Crippen LogP contribution < -0.4 is 4.90 Å². The molecule has 3 fully saturated rings. The van der Waals surface area contributed by atoms with Crippen molar-refractivity contribution in [3.63, 3.8) is 0 Å². The first-order chi connectivity index (χ1) is 21.5. The zero-order valence-corrected chi connectivity index (χ0v) is 26.8. The molecule has 3 saturated heterocycles. The molecule has 0 radical (unpaired) electrons. The topological polar surface area (TPSA) is 43.9 Å². The van der Waals surface area contributed by atoms with E-state index in [1.54, 1.807) is 47.5 Å². The maximum absolute atomic E-state index is 13.0. The van der Waals surface area contributed by atoms with E-state index in [-0.39, 0.29) is 5.41 Å². The fraction of sp³-hybridized carbons (Fsp3) is 0.474. The van der Waals surface area contributed by atoms with Gasteiger partial charge in [-0.15, -0.1) is 0 Å². The van der Waals surface area contributed by atoms with E-state index in [0.29, 0.717) is 21.6 Å². The average molecular weight is 610 g/mol. The van der Waals surface area contributed by atoms with Crippen LogP contribution >= 0.6 is 0 Å². The number of hydrogen-bond acceptors (Lipinski definition) is 5. The summed E-state index contributed by atoms with van der Waals surface area (Å²) >= 11 is 0. The van der Waals surface area contributed by atoms with Gasteiger partial charge in [-0.2, -0.15) is 0 Å². The minimum atomic E-state index is -3.48. The number of allylic oxidation sites excluding steroid dienone is 1. The van der Waals surface area contributed by atoms with Gasteiger partial charge in [0.25, 0.3) is 0 Å². The number of anilines is 1. The van der Waals surface area contributed by atoms with Crippen LogP contribution in [0.1, 0.15) is 50.5 Å². The molecule has 1 aliphatic carbocycles. The molecule has 3 heterocycles. The van der Waals surface area contributed by atoms with Crippen LogP contribution in [0.3, 0.4) is 0 Å². The van der Waals surface area contributed by atoms with Gasteiger partial charge in [0.1, 0.15) is 0 Å². The highest BCUT2D eigenvalue weighted by Crippen LogP contribution is 2.49. The van der Waals surface area contributed by atoms with E-state index in [0.717, 1.165) is 25.3 Å². The van der Waals surface area contributed by atoms with E-state index in [9.17, 15) is 8.42 Å². The minimum Gasteiger partial charge on any atom is -0.371 e. The third kappa shape index (κ3) is 5.89. The van der Waals surface area contributed by atoms with E-state index in [1.165, 1.54) is 77.7 Å². The number of benzene rings is 3. The second-order valence-electron chi connectivity index (χ2n) is 13.6. The highest BCUT2D eigenvalue weighted by Gasteiger charge is 2.46. The molecule has 0 bridgehead atoms. The van der Waals surface area contributed by atoms with E-state index >= 15 is 0 Å². The van der Waals surface area contributed by atoms with Crippen LogP contribution in [0, 0.1) is 11.8 Å². The highest BCUT2D eigenvalue weighted by atomic mass is 32.2. The number of sulfone groups is 1.